The number of halogens is 1. The summed E-state index contributed by atoms with van der Waals surface area (Å²) in [5.41, 5.74) is 1.07. The van der Waals surface area contributed by atoms with Crippen molar-refractivity contribution < 1.29 is 9.59 Å². The number of rotatable bonds is 4. The molecule has 0 saturated carbocycles. The minimum atomic E-state index is -0.110. The highest BCUT2D eigenvalue weighted by molar-refractivity contribution is 6.30. The van der Waals surface area contributed by atoms with Gasteiger partial charge in [0.1, 0.15) is 0 Å². The Hall–Kier alpha value is -1.75. The van der Waals surface area contributed by atoms with Gasteiger partial charge in [0.25, 0.3) is 0 Å². The van der Waals surface area contributed by atoms with Gasteiger partial charge < -0.3 is 15.5 Å². The standard InChI is InChI=1S/C17H24ClN3O2/c1-17(2,11-13-4-3-5-14(18)10-13)12-20-16(23)21-8-6-15(22)19-7-9-21/h3-5,10H,6-9,11-12H2,1-2H3,(H,19,22)(H,20,23). The summed E-state index contributed by atoms with van der Waals surface area (Å²) in [4.78, 5) is 25.3. The summed E-state index contributed by atoms with van der Waals surface area (Å²) < 4.78 is 0. The Kier molecular flexibility index (Phi) is 5.88. The SMILES string of the molecule is CC(C)(CNC(=O)N1CCNC(=O)CC1)Cc1cccc(Cl)c1. The zero-order valence-electron chi connectivity index (χ0n) is 13.7. The van der Waals surface area contributed by atoms with Gasteiger partial charge in [0.15, 0.2) is 0 Å². The summed E-state index contributed by atoms with van der Waals surface area (Å²) in [6.45, 7) is 6.32. The Labute approximate surface area is 142 Å². The second-order valence-electron chi connectivity index (χ2n) is 6.72. The van der Waals surface area contributed by atoms with Gasteiger partial charge in [-0.2, -0.15) is 0 Å². The Morgan fingerprint density at radius 1 is 1.39 bits per heavy atom. The Bertz CT molecular complexity index is 575. The summed E-state index contributed by atoms with van der Waals surface area (Å²) in [6.07, 6.45) is 1.19. The van der Waals surface area contributed by atoms with Gasteiger partial charge in [-0.15, -0.1) is 0 Å². The van der Waals surface area contributed by atoms with Gasteiger partial charge in [-0.1, -0.05) is 37.6 Å². The summed E-state index contributed by atoms with van der Waals surface area (Å²) >= 11 is 6.02. The molecule has 3 amide bonds. The average Bonchev–Trinajstić information content (AvgIpc) is 2.69. The van der Waals surface area contributed by atoms with E-state index in [1.807, 2.05) is 24.3 Å². The van der Waals surface area contributed by atoms with Crippen LogP contribution in [0.1, 0.15) is 25.8 Å². The molecule has 0 unspecified atom stereocenters. The number of carbonyl (C=O) groups is 2. The van der Waals surface area contributed by atoms with Crippen LogP contribution in [0.5, 0.6) is 0 Å². The van der Waals surface area contributed by atoms with Crippen molar-refractivity contribution in [1.29, 1.82) is 0 Å². The van der Waals surface area contributed by atoms with Crippen LogP contribution in [0.25, 0.3) is 0 Å². The minimum absolute atomic E-state index is 0.00147. The van der Waals surface area contributed by atoms with Crippen LogP contribution < -0.4 is 10.6 Å². The van der Waals surface area contributed by atoms with E-state index < -0.39 is 0 Å². The molecule has 126 valence electrons. The molecule has 5 nitrogen and oxygen atoms in total. The molecule has 2 N–H and O–H groups in total. The van der Waals surface area contributed by atoms with Crippen molar-refractivity contribution >= 4 is 23.5 Å². The van der Waals surface area contributed by atoms with Crippen LogP contribution in [0.2, 0.25) is 5.02 Å². The summed E-state index contributed by atoms with van der Waals surface area (Å²) in [5.74, 6) is 0.00147. The molecule has 1 aromatic carbocycles. The van der Waals surface area contributed by atoms with Gasteiger partial charge in [0, 0.05) is 37.6 Å². The lowest BCUT2D eigenvalue weighted by Gasteiger charge is -2.27. The first-order chi connectivity index (χ1) is 10.9. The molecule has 0 bridgehead atoms. The molecule has 23 heavy (non-hydrogen) atoms. The van der Waals surface area contributed by atoms with E-state index in [0.29, 0.717) is 32.6 Å². The average molecular weight is 338 g/mol. The molecule has 6 heteroatoms. The number of hydrogen-bond acceptors (Lipinski definition) is 2. The van der Waals surface area contributed by atoms with E-state index in [2.05, 4.69) is 24.5 Å². The van der Waals surface area contributed by atoms with Crippen molar-refractivity contribution in [3.63, 3.8) is 0 Å². The molecule has 1 aliphatic rings. The maximum atomic E-state index is 12.3. The first kappa shape index (κ1) is 17.6. The molecule has 1 aromatic rings. The fourth-order valence-electron chi connectivity index (χ4n) is 2.66. The highest BCUT2D eigenvalue weighted by Crippen LogP contribution is 2.22. The van der Waals surface area contributed by atoms with E-state index in [4.69, 9.17) is 11.6 Å². The quantitative estimate of drug-likeness (QED) is 0.886. The van der Waals surface area contributed by atoms with Crippen molar-refractivity contribution in [2.75, 3.05) is 26.2 Å². The molecule has 1 saturated heterocycles. The third-order valence-electron chi connectivity index (χ3n) is 3.89. The monoisotopic (exact) mass is 337 g/mol. The van der Waals surface area contributed by atoms with Crippen LogP contribution >= 0.6 is 11.6 Å². The molecular weight excluding hydrogens is 314 g/mol. The smallest absolute Gasteiger partial charge is 0.317 e. The largest absolute Gasteiger partial charge is 0.354 e. The topological polar surface area (TPSA) is 61.4 Å². The van der Waals surface area contributed by atoms with E-state index in [1.54, 1.807) is 4.90 Å². The number of amides is 3. The number of carbonyl (C=O) groups excluding carboxylic acids is 2. The molecule has 1 heterocycles. The number of benzene rings is 1. The van der Waals surface area contributed by atoms with E-state index in [0.717, 1.165) is 17.0 Å². The molecule has 2 rings (SSSR count). The van der Waals surface area contributed by atoms with Crippen LogP contribution in [0.3, 0.4) is 0 Å². The van der Waals surface area contributed by atoms with Crippen molar-refractivity contribution in [3.05, 3.63) is 34.9 Å². The fraction of sp³-hybridized carbons (Fsp3) is 0.529. The Balaban J connectivity index is 1.85. The number of urea groups is 1. The maximum absolute atomic E-state index is 12.3. The Morgan fingerprint density at radius 2 is 2.17 bits per heavy atom. The highest BCUT2D eigenvalue weighted by Gasteiger charge is 2.23. The van der Waals surface area contributed by atoms with Crippen LogP contribution in [-0.2, 0) is 11.2 Å². The van der Waals surface area contributed by atoms with Gasteiger partial charge >= 0.3 is 6.03 Å². The fourth-order valence-corrected chi connectivity index (χ4v) is 2.87. The number of hydrogen-bond donors (Lipinski definition) is 2. The molecule has 0 aromatic heterocycles. The normalized spacial score (nSPS) is 15.8. The summed E-state index contributed by atoms with van der Waals surface area (Å²) in [5, 5.41) is 6.48. The Morgan fingerprint density at radius 3 is 2.91 bits per heavy atom. The van der Waals surface area contributed by atoms with Gasteiger partial charge in [-0.3, -0.25) is 4.79 Å². The molecule has 1 fully saturated rings. The predicted octanol–water partition coefficient (Wildman–Crippen LogP) is 2.44. The van der Waals surface area contributed by atoms with Crippen LogP contribution in [0.4, 0.5) is 4.79 Å². The maximum Gasteiger partial charge on any atom is 0.317 e. The lowest BCUT2D eigenvalue weighted by atomic mass is 9.86. The lowest BCUT2D eigenvalue weighted by Crippen LogP contribution is -2.45. The summed E-state index contributed by atoms with van der Waals surface area (Å²) in [7, 11) is 0. The van der Waals surface area contributed by atoms with Crippen molar-refractivity contribution in [2.45, 2.75) is 26.7 Å². The van der Waals surface area contributed by atoms with Gasteiger partial charge in [0.05, 0.1) is 0 Å². The van der Waals surface area contributed by atoms with Crippen molar-refractivity contribution in [2.24, 2.45) is 5.41 Å². The van der Waals surface area contributed by atoms with E-state index in [9.17, 15) is 9.59 Å². The molecule has 0 aliphatic carbocycles. The zero-order valence-corrected chi connectivity index (χ0v) is 14.4. The number of nitrogens with one attached hydrogen (secondary N) is 2. The van der Waals surface area contributed by atoms with E-state index >= 15 is 0 Å². The predicted molar refractivity (Wildman–Crippen MR) is 91.5 cm³/mol. The second kappa shape index (κ2) is 7.68. The van der Waals surface area contributed by atoms with E-state index in [1.165, 1.54) is 0 Å². The van der Waals surface area contributed by atoms with E-state index in [-0.39, 0.29) is 17.4 Å². The van der Waals surface area contributed by atoms with Crippen LogP contribution in [0, 0.1) is 5.41 Å². The minimum Gasteiger partial charge on any atom is -0.354 e. The molecular formula is C17H24ClN3O2. The first-order valence-corrected chi connectivity index (χ1v) is 8.27. The zero-order chi connectivity index (χ0) is 16.9. The molecule has 0 spiro atoms. The van der Waals surface area contributed by atoms with Crippen molar-refractivity contribution in [1.82, 2.24) is 15.5 Å². The molecule has 0 atom stereocenters. The van der Waals surface area contributed by atoms with Gasteiger partial charge in [-0.05, 0) is 29.5 Å². The number of nitrogens with zero attached hydrogens (tertiary/aromatic N) is 1. The van der Waals surface area contributed by atoms with Crippen LogP contribution in [-0.4, -0.2) is 43.0 Å². The highest BCUT2D eigenvalue weighted by atomic mass is 35.5. The third-order valence-corrected chi connectivity index (χ3v) is 4.12. The van der Waals surface area contributed by atoms with Gasteiger partial charge in [-0.25, -0.2) is 4.79 Å². The third kappa shape index (κ3) is 5.75. The first-order valence-electron chi connectivity index (χ1n) is 7.90. The van der Waals surface area contributed by atoms with Crippen LogP contribution in [0.15, 0.2) is 24.3 Å². The van der Waals surface area contributed by atoms with Crippen molar-refractivity contribution in [3.8, 4) is 0 Å². The molecule has 1 aliphatic heterocycles. The lowest BCUT2D eigenvalue weighted by molar-refractivity contribution is -0.120. The summed E-state index contributed by atoms with van der Waals surface area (Å²) in [6, 6.07) is 7.68. The molecule has 0 radical (unpaired) electrons. The second-order valence-corrected chi connectivity index (χ2v) is 7.15. The van der Waals surface area contributed by atoms with Gasteiger partial charge in [0.2, 0.25) is 5.91 Å².